The first-order valence-corrected chi connectivity index (χ1v) is 8.30. The number of likely N-dealkylation sites (tertiary alicyclic amines) is 1. The minimum atomic E-state index is -0.932. The average molecular weight is 339 g/mol. The van der Waals surface area contributed by atoms with E-state index in [2.05, 4.69) is 0 Å². The second-order valence-corrected chi connectivity index (χ2v) is 6.25. The molecule has 0 aliphatic carbocycles. The molecule has 0 saturated carbocycles. The molecule has 5 heteroatoms. The summed E-state index contributed by atoms with van der Waals surface area (Å²) in [5, 5.41) is 9.84. The van der Waals surface area contributed by atoms with Crippen molar-refractivity contribution < 1.29 is 19.4 Å². The zero-order valence-corrected chi connectivity index (χ0v) is 14.1. The van der Waals surface area contributed by atoms with Crippen LogP contribution in [0.5, 0.6) is 5.75 Å². The second kappa shape index (κ2) is 6.97. The van der Waals surface area contributed by atoms with E-state index in [0.29, 0.717) is 37.2 Å². The van der Waals surface area contributed by atoms with E-state index in [-0.39, 0.29) is 5.91 Å². The quantitative estimate of drug-likeness (QED) is 0.930. The number of nitrogens with zero attached hydrogens (tertiary/aromatic N) is 1. The van der Waals surface area contributed by atoms with Crippen LogP contribution in [0.2, 0.25) is 0 Å². The summed E-state index contributed by atoms with van der Waals surface area (Å²) in [6.45, 7) is 0.802. The molecular weight excluding hydrogens is 318 g/mol. The van der Waals surface area contributed by atoms with Gasteiger partial charge in [0.2, 0.25) is 0 Å². The Morgan fingerprint density at radius 2 is 1.60 bits per heavy atom. The minimum absolute atomic E-state index is 0.121. The third-order valence-corrected chi connectivity index (χ3v) is 4.98. The summed E-state index contributed by atoms with van der Waals surface area (Å²) in [6.07, 6.45) is 0.792. The van der Waals surface area contributed by atoms with Gasteiger partial charge in [0, 0.05) is 13.1 Å². The van der Waals surface area contributed by atoms with Gasteiger partial charge in [-0.25, -0.2) is 0 Å². The van der Waals surface area contributed by atoms with Gasteiger partial charge in [0.05, 0.1) is 18.1 Å². The van der Waals surface area contributed by atoms with Crippen LogP contribution in [-0.4, -0.2) is 42.1 Å². The molecule has 0 bridgehead atoms. The molecule has 1 saturated heterocycles. The monoisotopic (exact) mass is 339 g/mol. The summed E-state index contributed by atoms with van der Waals surface area (Å²) in [5.74, 6) is -0.418. The van der Waals surface area contributed by atoms with Gasteiger partial charge >= 0.3 is 5.97 Å². The van der Waals surface area contributed by atoms with Crippen LogP contribution in [-0.2, 0) is 10.2 Å². The van der Waals surface area contributed by atoms with Crippen molar-refractivity contribution >= 4 is 11.9 Å². The SMILES string of the molecule is COc1ccccc1C(=O)N1CCC(C(=O)O)(c2ccccc2)CC1. The molecule has 1 N–H and O–H groups in total. The fourth-order valence-corrected chi connectivity index (χ4v) is 3.47. The van der Waals surface area contributed by atoms with Crippen LogP contribution in [0.25, 0.3) is 0 Å². The normalized spacial score (nSPS) is 16.3. The van der Waals surface area contributed by atoms with E-state index in [1.165, 1.54) is 7.11 Å². The zero-order valence-electron chi connectivity index (χ0n) is 14.1. The van der Waals surface area contributed by atoms with E-state index in [1.807, 2.05) is 36.4 Å². The Morgan fingerprint density at radius 3 is 2.20 bits per heavy atom. The Balaban J connectivity index is 1.81. The molecule has 25 heavy (non-hydrogen) atoms. The molecule has 1 heterocycles. The van der Waals surface area contributed by atoms with Crippen molar-refractivity contribution in [1.29, 1.82) is 0 Å². The van der Waals surface area contributed by atoms with Crippen LogP contribution in [0, 0.1) is 0 Å². The van der Waals surface area contributed by atoms with Crippen LogP contribution >= 0.6 is 0 Å². The molecule has 0 atom stereocenters. The molecule has 1 fully saturated rings. The smallest absolute Gasteiger partial charge is 0.314 e. The van der Waals surface area contributed by atoms with Crippen LogP contribution in [0.1, 0.15) is 28.8 Å². The predicted octanol–water partition coefficient (Wildman–Crippen LogP) is 2.95. The lowest BCUT2D eigenvalue weighted by atomic mass is 9.72. The third kappa shape index (κ3) is 3.09. The van der Waals surface area contributed by atoms with Crippen molar-refractivity contribution in [3.05, 3.63) is 65.7 Å². The maximum Gasteiger partial charge on any atom is 0.314 e. The van der Waals surface area contributed by atoms with Crippen molar-refractivity contribution in [2.75, 3.05) is 20.2 Å². The van der Waals surface area contributed by atoms with E-state index >= 15 is 0 Å². The molecule has 0 radical (unpaired) electrons. The molecule has 3 rings (SSSR count). The van der Waals surface area contributed by atoms with Gasteiger partial charge in [-0.15, -0.1) is 0 Å². The highest BCUT2D eigenvalue weighted by Crippen LogP contribution is 2.36. The first-order chi connectivity index (χ1) is 12.1. The molecule has 1 aliphatic rings. The largest absolute Gasteiger partial charge is 0.496 e. The van der Waals surface area contributed by atoms with Gasteiger partial charge in [-0.3, -0.25) is 9.59 Å². The van der Waals surface area contributed by atoms with Crippen molar-refractivity contribution in [2.45, 2.75) is 18.3 Å². The Bertz CT molecular complexity index is 764. The van der Waals surface area contributed by atoms with E-state index in [4.69, 9.17) is 4.74 Å². The Labute approximate surface area is 146 Å². The first kappa shape index (κ1) is 17.0. The van der Waals surface area contributed by atoms with E-state index in [0.717, 1.165) is 5.56 Å². The van der Waals surface area contributed by atoms with Crippen molar-refractivity contribution in [2.24, 2.45) is 0 Å². The van der Waals surface area contributed by atoms with Crippen LogP contribution < -0.4 is 4.74 Å². The first-order valence-electron chi connectivity index (χ1n) is 8.30. The molecule has 2 aromatic carbocycles. The number of carboxylic acid groups (broad SMARTS) is 1. The molecular formula is C20H21NO4. The maximum absolute atomic E-state index is 12.8. The van der Waals surface area contributed by atoms with Gasteiger partial charge in [0.25, 0.3) is 5.91 Å². The van der Waals surface area contributed by atoms with Gasteiger partial charge in [-0.2, -0.15) is 0 Å². The number of carbonyl (C=O) groups is 2. The third-order valence-electron chi connectivity index (χ3n) is 4.98. The van der Waals surface area contributed by atoms with E-state index < -0.39 is 11.4 Å². The highest BCUT2D eigenvalue weighted by Gasteiger charge is 2.44. The van der Waals surface area contributed by atoms with Crippen LogP contribution in [0.3, 0.4) is 0 Å². The van der Waals surface area contributed by atoms with Gasteiger partial charge < -0.3 is 14.7 Å². The number of piperidine rings is 1. The lowest BCUT2D eigenvalue weighted by molar-refractivity contribution is -0.145. The molecule has 1 aliphatic heterocycles. The highest BCUT2D eigenvalue weighted by atomic mass is 16.5. The number of ether oxygens (including phenoxy) is 1. The molecule has 2 aromatic rings. The highest BCUT2D eigenvalue weighted by molar-refractivity contribution is 5.97. The molecule has 0 spiro atoms. The number of aliphatic carboxylic acids is 1. The number of methoxy groups -OCH3 is 1. The molecule has 0 unspecified atom stereocenters. The Kier molecular flexibility index (Phi) is 4.74. The minimum Gasteiger partial charge on any atom is -0.496 e. The summed E-state index contributed by atoms with van der Waals surface area (Å²) >= 11 is 0. The number of para-hydroxylation sites is 1. The number of carbonyl (C=O) groups excluding carboxylic acids is 1. The summed E-state index contributed by atoms with van der Waals surface area (Å²) in [4.78, 5) is 26.5. The standard InChI is InChI=1S/C20H21NO4/c1-25-17-10-6-5-9-16(17)18(22)21-13-11-20(12-14-21,19(23)24)15-7-3-2-4-8-15/h2-10H,11-14H2,1H3,(H,23,24). The number of benzene rings is 2. The summed E-state index contributed by atoms with van der Waals surface area (Å²) < 4.78 is 5.26. The second-order valence-electron chi connectivity index (χ2n) is 6.25. The molecule has 1 amide bonds. The average Bonchev–Trinajstić information content (AvgIpc) is 2.68. The van der Waals surface area contributed by atoms with Gasteiger partial charge in [0.15, 0.2) is 0 Å². The van der Waals surface area contributed by atoms with Crippen molar-refractivity contribution in [3.63, 3.8) is 0 Å². The Hall–Kier alpha value is -2.82. The topological polar surface area (TPSA) is 66.8 Å². The summed E-state index contributed by atoms with van der Waals surface area (Å²) in [5.41, 5.74) is 0.373. The lowest BCUT2D eigenvalue weighted by Crippen LogP contribution is -2.49. The number of hydrogen-bond acceptors (Lipinski definition) is 3. The maximum atomic E-state index is 12.8. The lowest BCUT2D eigenvalue weighted by Gasteiger charge is -2.39. The van der Waals surface area contributed by atoms with Gasteiger partial charge in [-0.05, 0) is 30.5 Å². The van der Waals surface area contributed by atoms with Crippen molar-refractivity contribution in [3.8, 4) is 5.75 Å². The fraction of sp³-hybridized carbons (Fsp3) is 0.300. The Morgan fingerprint density at radius 1 is 1.00 bits per heavy atom. The van der Waals surface area contributed by atoms with Gasteiger partial charge in [-0.1, -0.05) is 42.5 Å². The number of carboxylic acids is 1. The van der Waals surface area contributed by atoms with Gasteiger partial charge in [0.1, 0.15) is 5.75 Å². The zero-order chi connectivity index (χ0) is 17.9. The van der Waals surface area contributed by atoms with Crippen LogP contribution in [0.4, 0.5) is 0 Å². The molecule has 130 valence electrons. The number of rotatable bonds is 4. The summed E-state index contributed by atoms with van der Waals surface area (Å²) in [6, 6.07) is 16.4. The van der Waals surface area contributed by atoms with Crippen molar-refractivity contribution in [1.82, 2.24) is 4.90 Å². The van der Waals surface area contributed by atoms with E-state index in [1.54, 1.807) is 23.1 Å². The fourth-order valence-electron chi connectivity index (χ4n) is 3.47. The van der Waals surface area contributed by atoms with E-state index in [9.17, 15) is 14.7 Å². The number of amides is 1. The molecule has 0 aromatic heterocycles. The summed E-state index contributed by atoms with van der Waals surface area (Å²) in [7, 11) is 1.53. The predicted molar refractivity (Wildman–Crippen MR) is 93.9 cm³/mol. The van der Waals surface area contributed by atoms with Crippen LogP contribution in [0.15, 0.2) is 54.6 Å². The molecule has 5 nitrogen and oxygen atoms in total. The number of hydrogen-bond donors (Lipinski definition) is 1.